The summed E-state index contributed by atoms with van der Waals surface area (Å²) in [6, 6.07) is 10.1. The van der Waals surface area contributed by atoms with Gasteiger partial charge in [0.05, 0.1) is 5.52 Å². The number of benzene rings is 2. The van der Waals surface area contributed by atoms with Crippen molar-refractivity contribution in [3.63, 3.8) is 0 Å². The van der Waals surface area contributed by atoms with E-state index in [-0.39, 0.29) is 11.5 Å². The van der Waals surface area contributed by atoms with Crippen molar-refractivity contribution in [3.8, 4) is 0 Å². The van der Waals surface area contributed by atoms with Gasteiger partial charge in [-0.05, 0) is 24.5 Å². The predicted octanol–water partition coefficient (Wildman–Crippen LogP) is 3.45. The fraction of sp³-hybridized carbons (Fsp3) is 0.188. The Kier molecular flexibility index (Phi) is 3.33. The molecular weight excluding hydrogens is 272 g/mol. The van der Waals surface area contributed by atoms with E-state index in [0.29, 0.717) is 12.1 Å². The third-order valence-corrected chi connectivity index (χ3v) is 3.67. The lowest BCUT2D eigenvalue weighted by molar-refractivity contribution is 0.589. The van der Waals surface area contributed by atoms with Gasteiger partial charge in [-0.2, -0.15) is 0 Å². The van der Waals surface area contributed by atoms with E-state index in [2.05, 4.69) is 4.98 Å². The van der Waals surface area contributed by atoms with Crippen LogP contribution in [0.4, 0.5) is 14.7 Å². The molecule has 3 aromatic rings. The quantitative estimate of drug-likeness (QED) is 0.802. The fourth-order valence-electron chi connectivity index (χ4n) is 2.52. The summed E-state index contributed by atoms with van der Waals surface area (Å²) in [5.41, 5.74) is 8.69. The molecule has 3 nitrogen and oxygen atoms in total. The number of halogens is 2. The van der Waals surface area contributed by atoms with E-state index in [1.165, 1.54) is 17.2 Å². The van der Waals surface area contributed by atoms with Gasteiger partial charge in [-0.3, -0.25) is 0 Å². The van der Waals surface area contributed by atoms with Crippen LogP contribution in [0.1, 0.15) is 11.1 Å². The van der Waals surface area contributed by atoms with Crippen LogP contribution in [-0.2, 0) is 13.0 Å². The van der Waals surface area contributed by atoms with Gasteiger partial charge in [0, 0.05) is 18.7 Å². The Morgan fingerprint density at radius 1 is 1.19 bits per heavy atom. The summed E-state index contributed by atoms with van der Waals surface area (Å²) in [7, 11) is 0. The summed E-state index contributed by atoms with van der Waals surface area (Å²) in [5, 5.41) is 0. The lowest BCUT2D eigenvalue weighted by atomic mass is 10.1. The molecule has 0 aliphatic carbocycles. The highest BCUT2D eigenvalue weighted by Crippen LogP contribution is 2.23. The van der Waals surface area contributed by atoms with Crippen molar-refractivity contribution < 1.29 is 8.78 Å². The molecule has 0 aliphatic heterocycles. The molecule has 1 aromatic heterocycles. The summed E-state index contributed by atoms with van der Waals surface area (Å²) in [4.78, 5) is 3.99. The molecule has 0 atom stereocenters. The number of hydrogen-bond acceptors (Lipinski definition) is 2. The standard InChI is InChI=1S/C16H15F2N3/c1-10-4-2-3-5-11(10)6-7-21-14-9-12(17)8-13(18)15(14)20-16(21)19/h2-5,8-9H,6-7H2,1H3,(H2,19,20). The van der Waals surface area contributed by atoms with Crippen molar-refractivity contribution in [1.82, 2.24) is 9.55 Å². The zero-order valence-electron chi connectivity index (χ0n) is 11.6. The van der Waals surface area contributed by atoms with Crippen molar-refractivity contribution in [2.45, 2.75) is 19.9 Å². The van der Waals surface area contributed by atoms with Crippen LogP contribution in [0, 0.1) is 18.6 Å². The molecule has 3 rings (SSSR count). The first-order valence-corrected chi connectivity index (χ1v) is 6.71. The minimum absolute atomic E-state index is 0.110. The minimum atomic E-state index is -0.689. The average Bonchev–Trinajstić information content (AvgIpc) is 2.75. The second-order valence-corrected chi connectivity index (χ2v) is 5.05. The number of fused-ring (bicyclic) bond motifs is 1. The Hall–Kier alpha value is -2.43. The van der Waals surface area contributed by atoms with Crippen molar-refractivity contribution in [1.29, 1.82) is 0 Å². The lowest BCUT2D eigenvalue weighted by Crippen LogP contribution is -2.06. The SMILES string of the molecule is Cc1ccccc1CCn1c(N)nc2c(F)cc(F)cc21. The molecule has 5 heteroatoms. The Labute approximate surface area is 121 Å². The molecule has 2 aromatic carbocycles. The molecule has 2 N–H and O–H groups in total. The normalized spacial score (nSPS) is 11.2. The fourth-order valence-corrected chi connectivity index (χ4v) is 2.52. The molecule has 0 unspecified atom stereocenters. The molecule has 0 fully saturated rings. The van der Waals surface area contributed by atoms with E-state index >= 15 is 0 Å². The van der Waals surface area contributed by atoms with Crippen molar-refractivity contribution in [3.05, 3.63) is 59.2 Å². The molecule has 21 heavy (non-hydrogen) atoms. The highest BCUT2D eigenvalue weighted by molar-refractivity contribution is 5.79. The van der Waals surface area contributed by atoms with Gasteiger partial charge >= 0.3 is 0 Å². The monoisotopic (exact) mass is 287 g/mol. The number of aryl methyl sites for hydroxylation is 3. The summed E-state index contributed by atoms with van der Waals surface area (Å²) < 4.78 is 28.7. The van der Waals surface area contributed by atoms with Crippen LogP contribution in [0.5, 0.6) is 0 Å². The maximum atomic E-state index is 13.7. The molecule has 0 amide bonds. The van der Waals surface area contributed by atoms with Crippen LogP contribution in [0.15, 0.2) is 36.4 Å². The third kappa shape index (κ3) is 2.46. The van der Waals surface area contributed by atoms with Crippen LogP contribution in [0.2, 0.25) is 0 Å². The van der Waals surface area contributed by atoms with Gasteiger partial charge in [-0.15, -0.1) is 0 Å². The molecule has 0 spiro atoms. The first-order chi connectivity index (χ1) is 10.1. The number of hydrogen-bond donors (Lipinski definition) is 1. The van der Waals surface area contributed by atoms with Crippen LogP contribution < -0.4 is 5.73 Å². The van der Waals surface area contributed by atoms with E-state index in [9.17, 15) is 8.78 Å². The van der Waals surface area contributed by atoms with Gasteiger partial charge in [0.15, 0.2) is 5.82 Å². The van der Waals surface area contributed by atoms with E-state index in [1.54, 1.807) is 4.57 Å². The molecular formula is C16H15F2N3. The number of rotatable bonds is 3. The van der Waals surface area contributed by atoms with Gasteiger partial charge in [-0.1, -0.05) is 24.3 Å². The average molecular weight is 287 g/mol. The molecule has 0 radical (unpaired) electrons. The van der Waals surface area contributed by atoms with E-state index in [0.717, 1.165) is 12.5 Å². The van der Waals surface area contributed by atoms with Crippen LogP contribution >= 0.6 is 0 Å². The highest BCUT2D eigenvalue weighted by Gasteiger charge is 2.13. The molecule has 0 aliphatic rings. The molecule has 0 saturated heterocycles. The lowest BCUT2D eigenvalue weighted by Gasteiger charge is -2.09. The van der Waals surface area contributed by atoms with Gasteiger partial charge in [0.1, 0.15) is 11.3 Å². The predicted molar refractivity (Wildman–Crippen MR) is 78.9 cm³/mol. The number of aromatic nitrogens is 2. The Balaban J connectivity index is 1.97. The topological polar surface area (TPSA) is 43.8 Å². The Bertz CT molecular complexity index is 809. The highest BCUT2D eigenvalue weighted by atomic mass is 19.1. The largest absolute Gasteiger partial charge is 0.369 e. The van der Waals surface area contributed by atoms with Crippen molar-refractivity contribution >= 4 is 17.0 Å². The zero-order chi connectivity index (χ0) is 15.0. The van der Waals surface area contributed by atoms with E-state index in [4.69, 9.17) is 5.73 Å². The number of nitrogens with two attached hydrogens (primary N) is 1. The zero-order valence-corrected chi connectivity index (χ0v) is 11.6. The summed E-state index contributed by atoms with van der Waals surface area (Å²) in [6.07, 6.45) is 0.723. The first kappa shape index (κ1) is 13.5. The summed E-state index contributed by atoms with van der Waals surface area (Å²) >= 11 is 0. The smallest absolute Gasteiger partial charge is 0.201 e. The van der Waals surface area contributed by atoms with Gasteiger partial charge in [0.2, 0.25) is 5.95 Å². The number of nitrogens with zero attached hydrogens (tertiary/aromatic N) is 2. The minimum Gasteiger partial charge on any atom is -0.369 e. The third-order valence-electron chi connectivity index (χ3n) is 3.67. The molecule has 1 heterocycles. The van der Waals surface area contributed by atoms with Crippen LogP contribution in [0.25, 0.3) is 11.0 Å². The molecule has 0 bridgehead atoms. The molecule has 0 saturated carbocycles. The summed E-state index contributed by atoms with van der Waals surface area (Å²) in [6.45, 7) is 2.56. The first-order valence-electron chi connectivity index (χ1n) is 6.71. The number of anilines is 1. The summed E-state index contributed by atoms with van der Waals surface area (Å²) in [5.74, 6) is -1.12. The second-order valence-electron chi connectivity index (χ2n) is 5.05. The van der Waals surface area contributed by atoms with Crippen LogP contribution in [0.3, 0.4) is 0 Å². The van der Waals surface area contributed by atoms with Gasteiger partial charge in [-0.25, -0.2) is 13.8 Å². The number of imidazole rings is 1. The van der Waals surface area contributed by atoms with Crippen molar-refractivity contribution in [2.24, 2.45) is 0 Å². The maximum absolute atomic E-state index is 13.7. The Morgan fingerprint density at radius 2 is 1.95 bits per heavy atom. The van der Waals surface area contributed by atoms with Crippen molar-refractivity contribution in [2.75, 3.05) is 5.73 Å². The van der Waals surface area contributed by atoms with E-state index in [1.807, 2.05) is 31.2 Å². The number of nitrogen functional groups attached to an aromatic ring is 1. The van der Waals surface area contributed by atoms with E-state index < -0.39 is 11.6 Å². The van der Waals surface area contributed by atoms with Gasteiger partial charge < -0.3 is 10.3 Å². The molecule has 108 valence electrons. The maximum Gasteiger partial charge on any atom is 0.201 e. The van der Waals surface area contributed by atoms with Crippen LogP contribution in [-0.4, -0.2) is 9.55 Å². The van der Waals surface area contributed by atoms with Gasteiger partial charge in [0.25, 0.3) is 0 Å². The second kappa shape index (κ2) is 5.16. The Morgan fingerprint density at radius 3 is 2.71 bits per heavy atom.